The Morgan fingerprint density at radius 3 is 2.71 bits per heavy atom. The van der Waals surface area contributed by atoms with Gasteiger partial charge in [0.2, 0.25) is 0 Å². The van der Waals surface area contributed by atoms with Crippen LogP contribution in [0.25, 0.3) is 0 Å². The zero-order valence-electron chi connectivity index (χ0n) is 9.62. The Bertz CT molecular complexity index is 380. The molecule has 1 aromatic carbocycles. The molecule has 2 rings (SSSR count). The fraction of sp³-hybridized carbons (Fsp3) is 0.462. The topological polar surface area (TPSA) is 60.8 Å². The first-order valence-corrected chi connectivity index (χ1v) is 5.87. The summed E-state index contributed by atoms with van der Waals surface area (Å²) < 4.78 is 0. The molecule has 0 bridgehead atoms. The molecule has 4 heteroatoms. The van der Waals surface area contributed by atoms with Crippen molar-refractivity contribution in [2.75, 3.05) is 6.54 Å². The third-order valence-electron chi connectivity index (χ3n) is 3.18. The largest absolute Gasteiger partial charge is 0.480 e. The second-order valence-electron chi connectivity index (χ2n) is 4.45. The number of aliphatic hydroxyl groups is 1. The van der Waals surface area contributed by atoms with Crippen molar-refractivity contribution in [2.24, 2.45) is 0 Å². The van der Waals surface area contributed by atoms with Gasteiger partial charge in [-0.25, -0.2) is 0 Å². The summed E-state index contributed by atoms with van der Waals surface area (Å²) in [5.74, 6) is -0.937. The third kappa shape index (κ3) is 2.84. The Labute approximate surface area is 100 Å². The lowest BCUT2D eigenvalue weighted by Crippen LogP contribution is -2.52. The van der Waals surface area contributed by atoms with Crippen molar-refractivity contribution in [3.8, 4) is 0 Å². The second kappa shape index (κ2) is 5.29. The molecule has 1 aliphatic rings. The van der Waals surface area contributed by atoms with Crippen molar-refractivity contribution in [3.63, 3.8) is 0 Å². The fourth-order valence-electron chi connectivity index (χ4n) is 2.36. The van der Waals surface area contributed by atoms with Crippen LogP contribution < -0.4 is 0 Å². The maximum Gasteiger partial charge on any atom is 0.323 e. The second-order valence-corrected chi connectivity index (χ2v) is 4.45. The summed E-state index contributed by atoms with van der Waals surface area (Å²) in [6.07, 6.45) is 0.657. The van der Waals surface area contributed by atoms with E-state index in [0.717, 1.165) is 18.5 Å². The predicted octanol–water partition coefficient (Wildman–Crippen LogP) is 1.10. The molecule has 17 heavy (non-hydrogen) atoms. The summed E-state index contributed by atoms with van der Waals surface area (Å²) in [6, 6.07) is 8.98. The van der Waals surface area contributed by atoms with Gasteiger partial charge in [0.15, 0.2) is 0 Å². The Kier molecular flexibility index (Phi) is 3.76. The minimum atomic E-state index is -0.937. The van der Waals surface area contributed by atoms with E-state index >= 15 is 0 Å². The first-order valence-electron chi connectivity index (χ1n) is 5.87. The SMILES string of the molecule is O=C(O)[C@@H]1[C@H](O)CCCN1Cc1ccccc1. The lowest BCUT2D eigenvalue weighted by molar-refractivity contribution is -0.150. The number of piperidine rings is 1. The quantitative estimate of drug-likeness (QED) is 0.823. The van der Waals surface area contributed by atoms with E-state index in [1.807, 2.05) is 35.2 Å². The first-order chi connectivity index (χ1) is 8.18. The van der Waals surface area contributed by atoms with Crippen molar-refractivity contribution >= 4 is 5.97 Å². The average molecular weight is 235 g/mol. The minimum Gasteiger partial charge on any atom is -0.480 e. The van der Waals surface area contributed by atoms with Crippen LogP contribution in [0.5, 0.6) is 0 Å². The molecule has 1 aliphatic heterocycles. The van der Waals surface area contributed by atoms with E-state index in [4.69, 9.17) is 5.11 Å². The van der Waals surface area contributed by atoms with Crippen LogP contribution in [0.15, 0.2) is 30.3 Å². The molecular formula is C13H17NO3. The summed E-state index contributed by atoms with van der Waals surface area (Å²) in [6.45, 7) is 1.30. The lowest BCUT2D eigenvalue weighted by Gasteiger charge is -2.36. The van der Waals surface area contributed by atoms with Crippen LogP contribution in [-0.2, 0) is 11.3 Å². The van der Waals surface area contributed by atoms with Crippen LogP contribution in [0, 0.1) is 0 Å². The highest BCUT2D eigenvalue weighted by molar-refractivity contribution is 5.74. The van der Waals surface area contributed by atoms with Crippen molar-refractivity contribution in [1.82, 2.24) is 4.90 Å². The van der Waals surface area contributed by atoms with Gasteiger partial charge in [-0.3, -0.25) is 9.69 Å². The van der Waals surface area contributed by atoms with Gasteiger partial charge in [0.05, 0.1) is 6.10 Å². The smallest absolute Gasteiger partial charge is 0.323 e. The van der Waals surface area contributed by atoms with Gasteiger partial charge < -0.3 is 10.2 Å². The Morgan fingerprint density at radius 1 is 1.35 bits per heavy atom. The number of benzene rings is 1. The molecule has 4 nitrogen and oxygen atoms in total. The van der Waals surface area contributed by atoms with Gasteiger partial charge >= 0.3 is 5.97 Å². The molecule has 0 aliphatic carbocycles. The molecular weight excluding hydrogens is 218 g/mol. The normalized spacial score (nSPS) is 25.7. The zero-order chi connectivity index (χ0) is 12.3. The number of carbonyl (C=O) groups is 1. The highest BCUT2D eigenvalue weighted by Gasteiger charge is 2.35. The molecule has 2 atom stereocenters. The molecule has 1 saturated heterocycles. The predicted molar refractivity (Wildman–Crippen MR) is 63.5 cm³/mol. The molecule has 2 N–H and O–H groups in total. The fourth-order valence-corrected chi connectivity index (χ4v) is 2.36. The van der Waals surface area contributed by atoms with Gasteiger partial charge in [0, 0.05) is 6.54 Å². The Hall–Kier alpha value is -1.39. The average Bonchev–Trinajstić information content (AvgIpc) is 2.30. The molecule has 0 aromatic heterocycles. The Balaban J connectivity index is 2.10. The van der Waals surface area contributed by atoms with Crippen LogP contribution in [0.4, 0.5) is 0 Å². The van der Waals surface area contributed by atoms with Gasteiger partial charge in [-0.15, -0.1) is 0 Å². The summed E-state index contributed by atoms with van der Waals surface area (Å²) in [5, 5.41) is 18.9. The number of likely N-dealkylation sites (tertiary alicyclic amines) is 1. The number of carboxylic acid groups (broad SMARTS) is 1. The van der Waals surface area contributed by atoms with E-state index < -0.39 is 18.1 Å². The molecule has 1 heterocycles. The minimum absolute atomic E-state index is 0.572. The van der Waals surface area contributed by atoms with Crippen LogP contribution in [0.1, 0.15) is 18.4 Å². The summed E-state index contributed by atoms with van der Waals surface area (Å²) in [4.78, 5) is 13.0. The number of hydrogen-bond acceptors (Lipinski definition) is 3. The molecule has 1 aromatic rings. The molecule has 0 radical (unpaired) electrons. The zero-order valence-corrected chi connectivity index (χ0v) is 9.62. The van der Waals surface area contributed by atoms with E-state index in [1.54, 1.807) is 0 Å². The number of nitrogens with zero attached hydrogens (tertiary/aromatic N) is 1. The third-order valence-corrected chi connectivity index (χ3v) is 3.18. The van der Waals surface area contributed by atoms with Crippen LogP contribution in [-0.4, -0.2) is 39.8 Å². The summed E-state index contributed by atoms with van der Waals surface area (Å²) in [5.41, 5.74) is 1.08. The number of aliphatic carboxylic acids is 1. The highest BCUT2D eigenvalue weighted by atomic mass is 16.4. The number of rotatable bonds is 3. The van der Waals surface area contributed by atoms with E-state index in [-0.39, 0.29) is 0 Å². The van der Waals surface area contributed by atoms with E-state index in [1.165, 1.54) is 0 Å². The van der Waals surface area contributed by atoms with E-state index in [9.17, 15) is 9.90 Å². The van der Waals surface area contributed by atoms with Gasteiger partial charge in [-0.2, -0.15) is 0 Å². The van der Waals surface area contributed by atoms with Crippen molar-refractivity contribution in [1.29, 1.82) is 0 Å². The van der Waals surface area contributed by atoms with Crippen LogP contribution in [0.3, 0.4) is 0 Å². The monoisotopic (exact) mass is 235 g/mol. The molecule has 0 saturated carbocycles. The van der Waals surface area contributed by atoms with Crippen molar-refractivity contribution in [3.05, 3.63) is 35.9 Å². The molecule has 0 unspecified atom stereocenters. The van der Waals surface area contributed by atoms with Crippen LogP contribution >= 0.6 is 0 Å². The highest BCUT2D eigenvalue weighted by Crippen LogP contribution is 2.20. The molecule has 1 fully saturated rings. The molecule has 0 spiro atoms. The molecule has 0 amide bonds. The maximum absolute atomic E-state index is 11.2. The van der Waals surface area contributed by atoms with Gasteiger partial charge in [-0.05, 0) is 24.9 Å². The van der Waals surface area contributed by atoms with Crippen LogP contribution in [0.2, 0.25) is 0 Å². The number of aliphatic hydroxyl groups excluding tert-OH is 1. The van der Waals surface area contributed by atoms with Gasteiger partial charge in [0.1, 0.15) is 6.04 Å². The first kappa shape index (κ1) is 12.1. The maximum atomic E-state index is 11.2. The lowest BCUT2D eigenvalue weighted by atomic mass is 9.98. The van der Waals surface area contributed by atoms with E-state index in [2.05, 4.69) is 0 Å². The Morgan fingerprint density at radius 2 is 2.06 bits per heavy atom. The van der Waals surface area contributed by atoms with E-state index in [0.29, 0.717) is 13.0 Å². The van der Waals surface area contributed by atoms with Crippen molar-refractivity contribution < 1.29 is 15.0 Å². The summed E-state index contributed by atoms with van der Waals surface area (Å²) >= 11 is 0. The molecule has 92 valence electrons. The van der Waals surface area contributed by atoms with Gasteiger partial charge in [-0.1, -0.05) is 30.3 Å². The van der Waals surface area contributed by atoms with Gasteiger partial charge in [0.25, 0.3) is 0 Å². The standard InChI is InChI=1S/C13H17NO3/c15-11-7-4-8-14(12(11)13(16)17)9-10-5-2-1-3-6-10/h1-3,5-6,11-12,15H,4,7-9H2,(H,16,17)/t11-,12+/m1/s1. The number of carboxylic acids is 1. The number of hydrogen-bond donors (Lipinski definition) is 2. The summed E-state index contributed by atoms with van der Waals surface area (Å²) in [7, 11) is 0. The van der Waals surface area contributed by atoms with Crippen molar-refractivity contribution in [2.45, 2.75) is 31.5 Å².